The minimum atomic E-state index is -2.28. The van der Waals surface area contributed by atoms with Gasteiger partial charge in [-0.3, -0.25) is 0 Å². The molecule has 2 N–H and O–H groups in total. The standard InChI is InChI=1S/C22H30ClNO3/c1-5-8-17(9-6-2)21(3,18-11-13-19(23)14-12-18)27-22(25,26)16-20-10-7-15-24(20)4/h5-6,8-9,11-14,20,25-26H,1,7,10,15-16H2,2-4H3/b9-6-,17-8+/t20?,21-/m1/s1. The Morgan fingerprint density at radius 3 is 2.56 bits per heavy atom. The van der Waals surface area contributed by atoms with Crippen molar-refractivity contribution in [2.75, 3.05) is 13.6 Å². The minimum absolute atomic E-state index is 0.0722. The van der Waals surface area contributed by atoms with Gasteiger partial charge in [0.25, 0.3) is 5.97 Å². The lowest BCUT2D eigenvalue weighted by Crippen LogP contribution is -2.46. The van der Waals surface area contributed by atoms with E-state index < -0.39 is 11.6 Å². The van der Waals surface area contributed by atoms with Crippen molar-refractivity contribution in [2.45, 2.75) is 50.7 Å². The summed E-state index contributed by atoms with van der Waals surface area (Å²) < 4.78 is 6.00. The molecule has 1 unspecified atom stereocenters. The summed E-state index contributed by atoms with van der Waals surface area (Å²) in [7, 11) is 2.00. The third-order valence-corrected chi connectivity index (χ3v) is 5.38. The molecule has 1 aliphatic rings. The summed E-state index contributed by atoms with van der Waals surface area (Å²) in [6, 6.07) is 7.27. The number of nitrogens with zero attached hydrogens (tertiary/aromatic N) is 1. The average Bonchev–Trinajstić information content (AvgIpc) is 2.98. The first-order chi connectivity index (χ1) is 12.7. The van der Waals surface area contributed by atoms with Crippen molar-refractivity contribution >= 4 is 11.6 Å². The van der Waals surface area contributed by atoms with Crippen LogP contribution < -0.4 is 0 Å². The molecule has 1 saturated heterocycles. The second-order valence-corrected chi connectivity index (χ2v) is 7.66. The van der Waals surface area contributed by atoms with Crippen molar-refractivity contribution in [3.05, 3.63) is 71.3 Å². The Kier molecular flexibility index (Phi) is 7.43. The van der Waals surface area contributed by atoms with Crippen LogP contribution in [0.1, 0.15) is 38.7 Å². The van der Waals surface area contributed by atoms with E-state index in [9.17, 15) is 10.2 Å². The quantitative estimate of drug-likeness (QED) is 0.510. The van der Waals surface area contributed by atoms with Gasteiger partial charge in [-0.2, -0.15) is 0 Å². The molecule has 27 heavy (non-hydrogen) atoms. The van der Waals surface area contributed by atoms with Crippen LogP contribution in [0, 0.1) is 0 Å². The molecule has 5 heteroatoms. The number of hydrogen-bond donors (Lipinski definition) is 2. The molecule has 0 spiro atoms. The molecule has 0 radical (unpaired) electrons. The Bertz CT molecular complexity index is 696. The van der Waals surface area contributed by atoms with Crippen LogP contribution in [0.5, 0.6) is 0 Å². The Labute approximate surface area is 167 Å². The highest BCUT2D eigenvalue weighted by atomic mass is 35.5. The molecule has 1 aliphatic heterocycles. The van der Waals surface area contributed by atoms with E-state index in [2.05, 4.69) is 11.5 Å². The van der Waals surface area contributed by atoms with Gasteiger partial charge < -0.3 is 19.8 Å². The van der Waals surface area contributed by atoms with Crippen LogP contribution in [0.25, 0.3) is 0 Å². The van der Waals surface area contributed by atoms with E-state index in [0.717, 1.165) is 30.5 Å². The number of likely N-dealkylation sites (tertiary alicyclic amines) is 1. The maximum absolute atomic E-state index is 10.7. The highest BCUT2D eigenvalue weighted by Crippen LogP contribution is 2.39. The zero-order valence-electron chi connectivity index (χ0n) is 16.4. The van der Waals surface area contributed by atoms with Gasteiger partial charge in [0.05, 0.1) is 0 Å². The molecule has 0 aromatic heterocycles. The molecule has 0 bridgehead atoms. The van der Waals surface area contributed by atoms with Crippen molar-refractivity contribution in [2.24, 2.45) is 0 Å². The summed E-state index contributed by atoms with van der Waals surface area (Å²) in [5.41, 5.74) is 0.436. The maximum atomic E-state index is 10.7. The summed E-state index contributed by atoms with van der Waals surface area (Å²) in [4.78, 5) is 2.14. The topological polar surface area (TPSA) is 52.9 Å². The van der Waals surface area contributed by atoms with Crippen molar-refractivity contribution in [3.8, 4) is 0 Å². The monoisotopic (exact) mass is 391 g/mol. The lowest BCUT2D eigenvalue weighted by molar-refractivity contribution is -0.376. The Hall–Kier alpha value is -1.43. The van der Waals surface area contributed by atoms with Crippen molar-refractivity contribution in [1.82, 2.24) is 4.90 Å². The van der Waals surface area contributed by atoms with E-state index in [1.807, 2.05) is 51.3 Å². The highest BCUT2D eigenvalue weighted by Gasteiger charge is 2.42. The van der Waals surface area contributed by atoms with E-state index in [-0.39, 0.29) is 12.5 Å². The fourth-order valence-corrected chi connectivity index (χ4v) is 3.77. The van der Waals surface area contributed by atoms with Crippen LogP contribution in [-0.2, 0) is 10.3 Å². The molecule has 1 fully saturated rings. The second-order valence-electron chi connectivity index (χ2n) is 7.22. The van der Waals surface area contributed by atoms with Gasteiger partial charge in [0.1, 0.15) is 5.60 Å². The van der Waals surface area contributed by atoms with E-state index in [1.54, 1.807) is 18.2 Å². The lowest BCUT2D eigenvalue weighted by Gasteiger charge is -2.39. The second kappa shape index (κ2) is 9.18. The van der Waals surface area contributed by atoms with Crippen LogP contribution in [0.3, 0.4) is 0 Å². The third-order valence-electron chi connectivity index (χ3n) is 5.13. The smallest absolute Gasteiger partial charge is 0.280 e. The van der Waals surface area contributed by atoms with Gasteiger partial charge in [-0.15, -0.1) is 0 Å². The zero-order valence-corrected chi connectivity index (χ0v) is 17.1. The summed E-state index contributed by atoms with van der Waals surface area (Å²) in [6.45, 7) is 8.45. The average molecular weight is 392 g/mol. The fourth-order valence-electron chi connectivity index (χ4n) is 3.65. The van der Waals surface area contributed by atoms with Gasteiger partial charge in [-0.1, -0.05) is 54.6 Å². The third kappa shape index (κ3) is 5.53. The van der Waals surface area contributed by atoms with Gasteiger partial charge >= 0.3 is 0 Å². The number of rotatable bonds is 8. The van der Waals surface area contributed by atoms with Crippen molar-refractivity contribution in [3.63, 3.8) is 0 Å². The van der Waals surface area contributed by atoms with Crippen LogP contribution in [0.2, 0.25) is 5.02 Å². The van der Waals surface area contributed by atoms with Gasteiger partial charge in [-0.25, -0.2) is 0 Å². The molecule has 2 atom stereocenters. The number of halogens is 1. The van der Waals surface area contributed by atoms with Gasteiger partial charge in [-0.05, 0) is 63.6 Å². The van der Waals surface area contributed by atoms with Crippen molar-refractivity contribution in [1.29, 1.82) is 0 Å². The Morgan fingerprint density at radius 2 is 2.04 bits per heavy atom. The van der Waals surface area contributed by atoms with Crippen LogP contribution in [-0.4, -0.2) is 40.7 Å². The highest BCUT2D eigenvalue weighted by molar-refractivity contribution is 6.30. The van der Waals surface area contributed by atoms with Gasteiger partial charge in [0.2, 0.25) is 0 Å². The molecular weight excluding hydrogens is 362 g/mol. The lowest BCUT2D eigenvalue weighted by atomic mass is 9.86. The minimum Gasteiger partial charge on any atom is -0.343 e. The fraction of sp³-hybridized carbons (Fsp3) is 0.455. The number of benzene rings is 1. The first kappa shape index (κ1) is 21.9. The van der Waals surface area contributed by atoms with Crippen LogP contribution >= 0.6 is 11.6 Å². The SMILES string of the molecule is C=C/C=C(\C=C/C)[C@@](C)(OC(O)(O)CC1CCCN1C)c1ccc(Cl)cc1. The van der Waals surface area contributed by atoms with Gasteiger partial charge in [0, 0.05) is 17.5 Å². The molecule has 0 amide bonds. The van der Waals surface area contributed by atoms with Gasteiger partial charge in [0.15, 0.2) is 0 Å². The number of hydrogen-bond acceptors (Lipinski definition) is 4. The molecule has 4 nitrogen and oxygen atoms in total. The first-order valence-corrected chi connectivity index (χ1v) is 9.67. The predicted octanol–water partition coefficient (Wildman–Crippen LogP) is 4.38. The maximum Gasteiger partial charge on any atom is 0.280 e. The molecular formula is C22H30ClNO3. The summed E-state index contributed by atoms with van der Waals surface area (Å²) in [6.07, 6.45) is 9.32. The van der Waals surface area contributed by atoms with E-state index in [4.69, 9.17) is 16.3 Å². The molecule has 1 aromatic carbocycles. The molecule has 148 valence electrons. The summed E-state index contributed by atoms with van der Waals surface area (Å²) >= 11 is 6.04. The van der Waals surface area contributed by atoms with Crippen molar-refractivity contribution < 1.29 is 14.9 Å². The number of aliphatic hydroxyl groups is 2. The Morgan fingerprint density at radius 1 is 1.37 bits per heavy atom. The largest absolute Gasteiger partial charge is 0.343 e. The van der Waals surface area contributed by atoms with E-state index >= 15 is 0 Å². The number of ether oxygens (including phenoxy) is 1. The van der Waals surface area contributed by atoms with E-state index in [1.165, 1.54) is 0 Å². The molecule has 1 heterocycles. The van der Waals surface area contributed by atoms with Crippen LogP contribution in [0.4, 0.5) is 0 Å². The summed E-state index contributed by atoms with van der Waals surface area (Å²) in [5.74, 6) is -2.28. The zero-order chi connectivity index (χ0) is 20.1. The van der Waals surface area contributed by atoms with Crippen LogP contribution in [0.15, 0.2) is 60.7 Å². The first-order valence-electron chi connectivity index (χ1n) is 9.29. The summed E-state index contributed by atoms with van der Waals surface area (Å²) in [5, 5.41) is 22.1. The van der Waals surface area contributed by atoms with E-state index in [0.29, 0.717) is 5.02 Å². The molecule has 1 aromatic rings. The normalized spacial score (nSPS) is 21.6. The Balaban J connectivity index is 2.40. The molecule has 0 aliphatic carbocycles. The molecule has 2 rings (SSSR count). The number of allylic oxidation sites excluding steroid dienone is 3. The molecule has 0 saturated carbocycles. The predicted molar refractivity (Wildman–Crippen MR) is 110 cm³/mol.